The van der Waals surface area contributed by atoms with E-state index in [1.165, 1.54) is 19.1 Å². The van der Waals surface area contributed by atoms with Crippen molar-refractivity contribution in [3.05, 3.63) is 65.7 Å². The molecule has 0 aliphatic rings. The van der Waals surface area contributed by atoms with Crippen LogP contribution in [0.5, 0.6) is 5.75 Å². The van der Waals surface area contributed by atoms with E-state index in [0.29, 0.717) is 18.7 Å². The van der Waals surface area contributed by atoms with Gasteiger partial charge in [0.1, 0.15) is 23.9 Å². The largest absolute Gasteiger partial charge is 0.508 e. The average Bonchev–Trinajstić information content (AvgIpc) is 3.01. The van der Waals surface area contributed by atoms with E-state index in [0.717, 1.165) is 17.5 Å². The Labute approximate surface area is 262 Å². The van der Waals surface area contributed by atoms with Crippen LogP contribution in [0.4, 0.5) is 0 Å². The number of carbonyl (C=O) groups is 5. The van der Waals surface area contributed by atoms with Crippen LogP contribution in [0.3, 0.4) is 0 Å². The van der Waals surface area contributed by atoms with Crippen molar-refractivity contribution in [3.63, 3.8) is 0 Å². The van der Waals surface area contributed by atoms with Gasteiger partial charge in [0, 0.05) is 13.0 Å². The number of phenolic OH excluding ortho intramolecular Hbond substituents is 1. The minimum absolute atomic E-state index is 0.0956. The normalized spacial score (nSPS) is 13.5. The summed E-state index contributed by atoms with van der Waals surface area (Å²) >= 11 is 1.55. The Morgan fingerprint density at radius 3 is 2.09 bits per heavy atom. The summed E-state index contributed by atoms with van der Waals surface area (Å²) in [6, 6.07) is 11.7. The van der Waals surface area contributed by atoms with E-state index in [1.807, 2.05) is 43.5 Å². The van der Waals surface area contributed by atoms with Crippen LogP contribution in [-0.4, -0.2) is 83.9 Å². The van der Waals surface area contributed by atoms with Crippen LogP contribution in [0.25, 0.3) is 0 Å². The number of rotatable bonds is 18. The van der Waals surface area contributed by atoms with E-state index < -0.39 is 54.3 Å². The number of hydrogen-bond donors (Lipinski definition) is 7. The van der Waals surface area contributed by atoms with Crippen molar-refractivity contribution < 1.29 is 29.1 Å². The predicted molar refractivity (Wildman–Crippen MR) is 171 cm³/mol. The van der Waals surface area contributed by atoms with E-state index >= 15 is 0 Å². The van der Waals surface area contributed by atoms with Crippen LogP contribution < -0.4 is 32.3 Å². The lowest BCUT2D eigenvalue weighted by molar-refractivity contribution is -0.133. The predicted octanol–water partition coefficient (Wildman–Crippen LogP) is 0.375. The molecule has 2 rings (SSSR count). The van der Waals surface area contributed by atoms with Crippen molar-refractivity contribution in [3.8, 4) is 5.75 Å². The Bertz CT molecular complexity index is 1230. The molecule has 0 aliphatic heterocycles. The monoisotopic (exact) mass is 628 g/mol. The molecule has 0 unspecified atom stereocenters. The molecular formula is C31H44N6O6S. The highest BCUT2D eigenvalue weighted by Gasteiger charge is 2.27. The van der Waals surface area contributed by atoms with Crippen LogP contribution in [0.15, 0.2) is 54.6 Å². The number of benzene rings is 2. The average molecular weight is 629 g/mol. The van der Waals surface area contributed by atoms with Crippen LogP contribution >= 0.6 is 11.8 Å². The number of aromatic hydroxyl groups is 1. The van der Waals surface area contributed by atoms with Crippen LogP contribution in [0.2, 0.25) is 0 Å². The third-order valence-electron chi connectivity index (χ3n) is 6.63. The van der Waals surface area contributed by atoms with Crippen molar-refractivity contribution >= 4 is 41.3 Å². The summed E-state index contributed by atoms with van der Waals surface area (Å²) in [7, 11) is 0. The summed E-state index contributed by atoms with van der Waals surface area (Å²) in [5.41, 5.74) is 7.51. The van der Waals surface area contributed by atoms with Gasteiger partial charge in [0.15, 0.2) is 0 Å². The van der Waals surface area contributed by atoms with Gasteiger partial charge in [-0.05, 0) is 61.5 Å². The van der Waals surface area contributed by atoms with Gasteiger partial charge >= 0.3 is 0 Å². The second kappa shape index (κ2) is 19.2. The zero-order valence-electron chi connectivity index (χ0n) is 25.4. The highest BCUT2D eigenvalue weighted by molar-refractivity contribution is 7.98. The maximum atomic E-state index is 13.3. The standard InChI is InChI=1S/C31H44N6O6S/c1-4-15-33-30(42)25(14-16-44-3)37-31(43)26(18-21-8-6-5-7-9-21)36-27(39)19-34-28(40)20(2)35-29(41)24(32)17-22-10-12-23(38)13-11-22/h5-13,20,24-26,38H,4,14-19,32H2,1-3H3,(H,33,42)(H,34,40)(H,35,41)(H,36,39)(H,37,43)/t20-,24+,25+,26+/m1/s1. The summed E-state index contributed by atoms with van der Waals surface area (Å²) in [6.45, 7) is 3.44. The molecule has 0 fully saturated rings. The molecule has 0 radical (unpaired) electrons. The first-order chi connectivity index (χ1) is 21.0. The zero-order chi connectivity index (χ0) is 32.5. The maximum Gasteiger partial charge on any atom is 0.243 e. The molecule has 0 saturated carbocycles. The molecule has 0 aliphatic carbocycles. The number of thioether (sulfide) groups is 1. The molecule has 0 saturated heterocycles. The minimum Gasteiger partial charge on any atom is -0.508 e. The van der Waals surface area contributed by atoms with Gasteiger partial charge in [0.05, 0.1) is 12.6 Å². The lowest BCUT2D eigenvalue weighted by Crippen LogP contribution is -2.56. The number of hydrogen-bond acceptors (Lipinski definition) is 8. The first-order valence-corrected chi connectivity index (χ1v) is 15.9. The molecule has 0 spiro atoms. The summed E-state index contributed by atoms with van der Waals surface area (Å²) in [5.74, 6) is -1.84. The summed E-state index contributed by atoms with van der Waals surface area (Å²) < 4.78 is 0. The van der Waals surface area contributed by atoms with Gasteiger partial charge in [0.2, 0.25) is 29.5 Å². The summed E-state index contributed by atoms with van der Waals surface area (Å²) in [4.78, 5) is 64.0. The molecule has 0 bridgehead atoms. The molecule has 4 atom stereocenters. The molecule has 13 heteroatoms. The lowest BCUT2D eigenvalue weighted by Gasteiger charge is -2.23. The summed E-state index contributed by atoms with van der Waals surface area (Å²) in [5, 5.41) is 22.7. The molecule has 12 nitrogen and oxygen atoms in total. The lowest BCUT2D eigenvalue weighted by atomic mass is 10.0. The van der Waals surface area contributed by atoms with Crippen LogP contribution in [0.1, 0.15) is 37.8 Å². The van der Waals surface area contributed by atoms with Crippen molar-refractivity contribution in [1.29, 1.82) is 0 Å². The highest BCUT2D eigenvalue weighted by atomic mass is 32.2. The maximum absolute atomic E-state index is 13.3. The third-order valence-corrected chi connectivity index (χ3v) is 7.28. The van der Waals surface area contributed by atoms with Crippen molar-refractivity contribution in [2.75, 3.05) is 25.1 Å². The van der Waals surface area contributed by atoms with Gasteiger partial charge in [-0.3, -0.25) is 24.0 Å². The van der Waals surface area contributed by atoms with Crippen molar-refractivity contribution in [2.24, 2.45) is 5.73 Å². The number of carbonyl (C=O) groups excluding carboxylic acids is 5. The van der Waals surface area contributed by atoms with Crippen molar-refractivity contribution in [1.82, 2.24) is 26.6 Å². The molecule has 240 valence electrons. The molecule has 2 aromatic carbocycles. The van der Waals surface area contributed by atoms with Crippen molar-refractivity contribution in [2.45, 2.75) is 63.7 Å². The Balaban J connectivity index is 1.97. The third kappa shape index (κ3) is 13.0. The summed E-state index contributed by atoms with van der Waals surface area (Å²) in [6.07, 6.45) is 3.46. The molecule has 8 N–H and O–H groups in total. The zero-order valence-corrected chi connectivity index (χ0v) is 26.2. The van der Waals surface area contributed by atoms with E-state index in [2.05, 4.69) is 26.6 Å². The first-order valence-electron chi connectivity index (χ1n) is 14.6. The molecule has 2 aromatic rings. The van der Waals surface area contributed by atoms with Gasteiger partial charge in [0.25, 0.3) is 0 Å². The molecule has 0 aromatic heterocycles. The Hall–Kier alpha value is -4.10. The van der Waals surface area contributed by atoms with Gasteiger partial charge in [-0.15, -0.1) is 0 Å². The molecular weight excluding hydrogens is 584 g/mol. The second-order valence-corrected chi connectivity index (χ2v) is 11.4. The van der Waals surface area contributed by atoms with E-state index in [-0.39, 0.29) is 24.5 Å². The van der Waals surface area contributed by atoms with E-state index in [4.69, 9.17) is 5.73 Å². The second-order valence-electron chi connectivity index (χ2n) is 10.4. The molecule has 44 heavy (non-hydrogen) atoms. The van der Waals surface area contributed by atoms with E-state index in [1.54, 1.807) is 23.9 Å². The minimum atomic E-state index is -1.01. The van der Waals surface area contributed by atoms with Gasteiger partial charge < -0.3 is 37.4 Å². The van der Waals surface area contributed by atoms with Gasteiger partial charge in [-0.2, -0.15) is 11.8 Å². The smallest absolute Gasteiger partial charge is 0.243 e. The van der Waals surface area contributed by atoms with Gasteiger partial charge in [-0.1, -0.05) is 49.4 Å². The molecule has 5 amide bonds. The SMILES string of the molecule is CCCNC(=O)[C@H](CCSC)NC(=O)[C@H](Cc1ccccc1)NC(=O)CNC(=O)[C@@H](C)NC(=O)[C@@H](N)Cc1ccc(O)cc1. The Kier molecular flexibility index (Phi) is 15.8. The fourth-order valence-electron chi connectivity index (χ4n) is 4.14. The fourth-order valence-corrected chi connectivity index (χ4v) is 4.61. The number of nitrogens with two attached hydrogens (primary N) is 1. The Morgan fingerprint density at radius 2 is 1.45 bits per heavy atom. The topological polar surface area (TPSA) is 192 Å². The highest BCUT2D eigenvalue weighted by Crippen LogP contribution is 2.11. The van der Waals surface area contributed by atoms with E-state index in [9.17, 15) is 29.1 Å². The first kappa shape index (κ1) is 36.1. The Morgan fingerprint density at radius 1 is 0.795 bits per heavy atom. The number of phenols is 1. The quantitative estimate of drug-likeness (QED) is 0.123. The number of nitrogens with one attached hydrogen (secondary N) is 5. The molecule has 0 heterocycles. The van der Waals surface area contributed by atoms with Crippen LogP contribution in [0, 0.1) is 0 Å². The van der Waals surface area contributed by atoms with Crippen LogP contribution in [-0.2, 0) is 36.8 Å². The number of amides is 5. The van der Waals surface area contributed by atoms with Gasteiger partial charge in [-0.25, -0.2) is 0 Å². The fraction of sp³-hybridized carbons (Fsp3) is 0.452.